The standard InChI is InChI=1S/C15H16BrNO4S/c1-8-11(15(20)21-3)4-5-12(14(8)16)17-7-10(6-13(17)19)22-9(2)18/h4-5,10H,6-7H2,1-3H3. The highest BCUT2D eigenvalue weighted by Crippen LogP contribution is 2.36. The molecule has 1 aromatic carbocycles. The topological polar surface area (TPSA) is 63.7 Å². The minimum absolute atomic E-state index is 0.0101. The van der Waals surface area contributed by atoms with Crippen LogP contribution in [0.4, 0.5) is 5.69 Å². The van der Waals surface area contributed by atoms with Crippen molar-refractivity contribution in [2.75, 3.05) is 18.6 Å². The van der Waals surface area contributed by atoms with Gasteiger partial charge in [-0.25, -0.2) is 4.79 Å². The Morgan fingerprint density at radius 3 is 2.68 bits per heavy atom. The molecule has 118 valence electrons. The highest BCUT2D eigenvalue weighted by Gasteiger charge is 2.33. The first-order valence-corrected chi connectivity index (χ1v) is 8.37. The van der Waals surface area contributed by atoms with Crippen LogP contribution in [-0.2, 0) is 14.3 Å². The minimum atomic E-state index is -0.414. The summed E-state index contributed by atoms with van der Waals surface area (Å²) in [6.45, 7) is 3.78. The molecule has 1 fully saturated rings. The maximum absolute atomic E-state index is 12.2. The van der Waals surface area contributed by atoms with Crippen molar-refractivity contribution in [3.8, 4) is 0 Å². The molecule has 7 heteroatoms. The lowest BCUT2D eigenvalue weighted by Crippen LogP contribution is -2.25. The minimum Gasteiger partial charge on any atom is -0.465 e. The van der Waals surface area contributed by atoms with Gasteiger partial charge in [0.05, 0.1) is 18.4 Å². The molecule has 1 heterocycles. The molecule has 0 spiro atoms. The van der Waals surface area contributed by atoms with Crippen molar-refractivity contribution in [3.63, 3.8) is 0 Å². The van der Waals surface area contributed by atoms with Gasteiger partial charge in [0.2, 0.25) is 5.91 Å². The van der Waals surface area contributed by atoms with Gasteiger partial charge in [-0.2, -0.15) is 0 Å². The van der Waals surface area contributed by atoms with Crippen LogP contribution < -0.4 is 4.90 Å². The van der Waals surface area contributed by atoms with Crippen LogP contribution in [0.3, 0.4) is 0 Å². The van der Waals surface area contributed by atoms with Crippen LogP contribution in [0.5, 0.6) is 0 Å². The Hall–Kier alpha value is -1.34. The molecular formula is C15H16BrNO4S. The average molecular weight is 386 g/mol. The zero-order chi connectivity index (χ0) is 16.4. The van der Waals surface area contributed by atoms with Crippen LogP contribution in [-0.4, -0.2) is 35.9 Å². The van der Waals surface area contributed by atoms with Crippen molar-refractivity contribution in [1.29, 1.82) is 0 Å². The summed E-state index contributed by atoms with van der Waals surface area (Å²) in [7, 11) is 1.33. The normalized spacial score (nSPS) is 17.7. The number of esters is 1. The maximum atomic E-state index is 12.2. The van der Waals surface area contributed by atoms with Crippen LogP contribution in [0.2, 0.25) is 0 Å². The van der Waals surface area contributed by atoms with Gasteiger partial charge in [0, 0.05) is 29.6 Å². The number of amides is 1. The lowest BCUT2D eigenvalue weighted by Gasteiger charge is -2.20. The van der Waals surface area contributed by atoms with Gasteiger partial charge in [0.25, 0.3) is 0 Å². The number of thioether (sulfide) groups is 1. The van der Waals surface area contributed by atoms with Crippen LogP contribution >= 0.6 is 27.7 Å². The average Bonchev–Trinajstić information content (AvgIpc) is 2.80. The molecule has 0 N–H and O–H groups in total. The van der Waals surface area contributed by atoms with Gasteiger partial charge in [0.15, 0.2) is 5.12 Å². The summed E-state index contributed by atoms with van der Waals surface area (Å²) in [6.07, 6.45) is 0.342. The number of carbonyl (C=O) groups is 3. The molecule has 0 aliphatic carbocycles. The lowest BCUT2D eigenvalue weighted by molar-refractivity contribution is -0.117. The SMILES string of the molecule is COC(=O)c1ccc(N2CC(SC(C)=O)CC2=O)c(Br)c1C. The van der Waals surface area contributed by atoms with Gasteiger partial charge in [-0.05, 0) is 40.5 Å². The van der Waals surface area contributed by atoms with Gasteiger partial charge < -0.3 is 9.64 Å². The molecule has 1 saturated heterocycles. The predicted molar refractivity (Wildman–Crippen MR) is 89.2 cm³/mol. The van der Waals surface area contributed by atoms with Gasteiger partial charge in [-0.3, -0.25) is 9.59 Å². The number of carbonyl (C=O) groups excluding carboxylic acids is 3. The Kier molecular flexibility index (Phi) is 5.28. The third-order valence-electron chi connectivity index (χ3n) is 3.48. The van der Waals surface area contributed by atoms with E-state index in [1.807, 2.05) is 0 Å². The van der Waals surface area contributed by atoms with Crippen molar-refractivity contribution >= 4 is 50.4 Å². The van der Waals surface area contributed by atoms with Crippen LogP contribution in [0.25, 0.3) is 0 Å². The molecule has 2 rings (SSSR count). The Morgan fingerprint density at radius 1 is 1.41 bits per heavy atom. The number of nitrogens with zero attached hydrogens (tertiary/aromatic N) is 1. The summed E-state index contributed by atoms with van der Waals surface area (Å²) in [5.74, 6) is -0.438. The molecule has 1 aliphatic heterocycles. The predicted octanol–water partition coefficient (Wildman–Crippen LogP) is 2.93. The number of anilines is 1. The summed E-state index contributed by atoms with van der Waals surface area (Å²) < 4.78 is 5.43. The fourth-order valence-corrected chi connectivity index (χ4v) is 3.91. The molecule has 0 radical (unpaired) electrons. The van der Waals surface area contributed by atoms with Gasteiger partial charge in [0.1, 0.15) is 0 Å². The van der Waals surface area contributed by atoms with Crippen molar-refractivity contribution in [2.24, 2.45) is 0 Å². The summed E-state index contributed by atoms with van der Waals surface area (Å²) in [5.41, 5.74) is 1.89. The molecule has 0 bridgehead atoms. The first-order valence-electron chi connectivity index (χ1n) is 6.70. The lowest BCUT2D eigenvalue weighted by atomic mass is 10.1. The number of methoxy groups -OCH3 is 1. The van der Waals surface area contributed by atoms with Gasteiger partial charge in [-0.15, -0.1) is 0 Å². The summed E-state index contributed by atoms with van der Waals surface area (Å²) >= 11 is 4.66. The van der Waals surface area contributed by atoms with Gasteiger partial charge in [-0.1, -0.05) is 11.8 Å². The summed E-state index contributed by atoms with van der Waals surface area (Å²) in [4.78, 5) is 36.7. The molecule has 1 aromatic rings. The fourth-order valence-electron chi connectivity index (χ4n) is 2.43. The number of rotatable bonds is 3. The van der Waals surface area contributed by atoms with E-state index in [1.54, 1.807) is 24.0 Å². The second kappa shape index (κ2) is 6.83. The summed E-state index contributed by atoms with van der Waals surface area (Å²) in [5, 5.41) is -0.0200. The van der Waals surface area contributed by atoms with Crippen LogP contribution in [0, 0.1) is 6.92 Å². The van der Waals surface area contributed by atoms with E-state index in [2.05, 4.69) is 15.9 Å². The zero-order valence-corrected chi connectivity index (χ0v) is 14.9. The highest BCUT2D eigenvalue weighted by molar-refractivity contribution is 9.10. The number of ether oxygens (including phenoxy) is 1. The number of halogens is 1. The van der Waals surface area contributed by atoms with Crippen LogP contribution in [0.1, 0.15) is 29.3 Å². The van der Waals surface area contributed by atoms with E-state index in [-0.39, 0.29) is 16.3 Å². The number of hydrogen-bond acceptors (Lipinski definition) is 5. The molecule has 1 aliphatic rings. The highest BCUT2D eigenvalue weighted by atomic mass is 79.9. The Balaban J connectivity index is 2.30. The van der Waals surface area contributed by atoms with Crippen LogP contribution in [0.15, 0.2) is 16.6 Å². The Bertz CT molecular complexity index is 647. The monoisotopic (exact) mass is 385 g/mol. The smallest absolute Gasteiger partial charge is 0.338 e. The number of benzene rings is 1. The fraction of sp³-hybridized carbons (Fsp3) is 0.400. The summed E-state index contributed by atoms with van der Waals surface area (Å²) in [6, 6.07) is 3.38. The maximum Gasteiger partial charge on any atom is 0.338 e. The van der Waals surface area contributed by atoms with Crippen molar-refractivity contribution in [2.45, 2.75) is 25.5 Å². The van der Waals surface area contributed by atoms with E-state index < -0.39 is 5.97 Å². The van der Waals surface area contributed by atoms with Crippen molar-refractivity contribution in [3.05, 3.63) is 27.7 Å². The van der Waals surface area contributed by atoms with E-state index in [9.17, 15) is 14.4 Å². The molecule has 1 atom stereocenters. The third-order valence-corrected chi connectivity index (χ3v) is 5.47. The quantitative estimate of drug-likeness (QED) is 0.748. The zero-order valence-electron chi connectivity index (χ0n) is 12.5. The number of hydrogen-bond donors (Lipinski definition) is 0. The van der Waals surface area contributed by atoms with E-state index >= 15 is 0 Å². The molecule has 0 aromatic heterocycles. The van der Waals surface area contributed by atoms with E-state index in [0.717, 1.165) is 5.56 Å². The first kappa shape index (κ1) is 17.0. The second-order valence-corrected chi connectivity index (χ2v) is 7.27. The van der Waals surface area contributed by atoms with Crippen molar-refractivity contribution < 1.29 is 19.1 Å². The molecule has 1 amide bonds. The second-order valence-electron chi connectivity index (χ2n) is 5.00. The largest absolute Gasteiger partial charge is 0.465 e. The molecule has 1 unspecified atom stereocenters. The van der Waals surface area contributed by atoms with Gasteiger partial charge >= 0.3 is 5.97 Å². The Labute approximate surface area is 141 Å². The molecule has 22 heavy (non-hydrogen) atoms. The first-order chi connectivity index (χ1) is 10.3. The Morgan fingerprint density at radius 2 is 2.09 bits per heavy atom. The van der Waals surface area contributed by atoms with E-state index in [4.69, 9.17) is 4.74 Å². The molecule has 5 nitrogen and oxygen atoms in total. The molecular weight excluding hydrogens is 370 g/mol. The van der Waals surface area contributed by atoms with E-state index in [1.165, 1.54) is 25.8 Å². The third kappa shape index (κ3) is 3.35. The van der Waals surface area contributed by atoms with E-state index in [0.29, 0.717) is 28.7 Å². The molecule has 0 saturated carbocycles. The van der Waals surface area contributed by atoms with Crippen molar-refractivity contribution in [1.82, 2.24) is 0 Å².